The first-order chi connectivity index (χ1) is 6.67. The molecule has 0 aliphatic rings. The molecule has 0 fully saturated rings. The highest BCUT2D eigenvalue weighted by molar-refractivity contribution is 5.89. The Kier molecular flexibility index (Phi) is 3.51. The maximum atomic E-state index is 11.1. The number of carbonyl (C=O) groups is 1. The topological polar surface area (TPSA) is 41.1 Å². The zero-order chi connectivity index (χ0) is 10.6. The first-order valence-electron chi connectivity index (χ1n) is 4.75. The summed E-state index contributed by atoms with van der Waals surface area (Å²) in [6.07, 6.45) is 0.916. The lowest BCUT2D eigenvalue weighted by Crippen LogP contribution is -2.25. The average Bonchev–Trinajstić information content (AvgIpc) is 2.18. The monoisotopic (exact) mass is 192 g/mol. The summed E-state index contributed by atoms with van der Waals surface area (Å²) < 4.78 is 0. The second-order valence-corrected chi connectivity index (χ2v) is 3.22. The van der Waals surface area contributed by atoms with Gasteiger partial charge in [0.2, 0.25) is 0 Å². The standard InChI is InChI=1S/C11H16N2O/c1-4-9-6-5-8(2)7-10(9)13-11(14)12-3/h5-7H,4H2,1-3H3,(H2,12,13,14). The minimum Gasteiger partial charge on any atom is -0.341 e. The summed E-state index contributed by atoms with van der Waals surface area (Å²) in [6.45, 7) is 4.08. The molecule has 0 atom stereocenters. The molecule has 0 aliphatic heterocycles. The molecule has 1 rings (SSSR count). The Morgan fingerprint density at radius 2 is 2.14 bits per heavy atom. The third-order valence-electron chi connectivity index (χ3n) is 2.12. The lowest BCUT2D eigenvalue weighted by Gasteiger charge is -2.10. The number of carbonyl (C=O) groups excluding carboxylic acids is 1. The van der Waals surface area contributed by atoms with Crippen molar-refractivity contribution in [3.63, 3.8) is 0 Å². The number of nitrogens with one attached hydrogen (secondary N) is 2. The molecule has 3 nitrogen and oxygen atoms in total. The number of amides is 2. The van der Waals surface area contributed by atoms with E-state index < -0.39 is 0 Å². The second-order valence-electron chi connectivity index (χ2n) is 3.22. The Hall–Kier alpha value is -1.51. The van der Waals surface area contributed by atoms with Crippen molar-refractivity contribution >= 4 is 11.7 Å². The van der Waals surface area contributed by atoms with Crippen LogP contribution in [0.1, 0.15) is 18.1 Å². The molecule has 0 bridgehead atoms. The van der Waals surface area contributed by atoms with Crippen molar-refractivity contribution in [2.24, 2.45) is 0 Å². The zero-order valence-electron chi connectivity index (χ0n) is 8.85. The summed E-state index contributed by atoms with van der Waals surface area (Å²) in [5, 5.41) is 5.34. The third-order valence-corrected chi connectivity index (χ3v) is 2.12. The van der Waals surface area contributed by atoms with E-state index in [0.717, 1.165) is 23.2 Å². The molecule has 0 aromatic heterocycles. The Labute approximate surface area is 84.5 Å². The molecule has 0 saturated carbocycles. The van der Waals surface area contributed by atoms with Gasteiger partial charge in [-0.3, -0.25) is 0 Å². The Morgan fingerprint density at radius 3 is 2.71 bits per heavy atom. The van der Waals surface area contributed by atoms with E-state index in [9.17, 15) is 4.79 Å². The van der Waals surface area contributed by atoms with E-state index in [2.05, 4.69) is 17.6 Å². The van der Waals surface area contributed by atoms with Crippen molar-refractivity contribution < 1.29 is 4.79 Å². The minimum absolute atomic E-state index is 0.176. The largest absolute Gasteiger partial charge is 0.341 e. The van der Waals surface area contributed by atoms with Gasteiger partial charge in [-0.2, -0.15) is 0 Å². The van der Waals surface area contributed by atoms with Gasteiger partial charge in [-0.15, -0.1) is 0 Å². The van der Waals surface area contributed by atoms with Gasteiger partial charge in [-0.05, 0) is 30.5 Å². The Bertz CT molecular complexity index is 334. The SMILES string of the molecule is CCc1ccc(C)cc1NC(=O)NC. The van der Waals surface area contributed by atoms with E-state index in [0.29, 0.717) is 0 Å². The highest BCUT2D eigenvalue weighted by atomic mass is 16.2. The number of aryl methyl sites for hydroxylation is 2. The molecule has 1 aromatic rings. The van der Waals surface area contributed by atoms with E-state index in [-0.39, 0.29) is 6.03 Å². The minimum atomic E-state index is -0.176. The lowest BCUT2D eigenvalue weighted by molar-refractivity contribution is 0.254. The number of anilines is 1. The number of rotatable bonds is 2. The predicted molar refractivity (Wildman–Crippen MR) is 58.6 cm³/mol. The molecule has 1 aromatic carbocycles. The third kappa shape index (κ3) is 2.49. The van der Waals surface area contributed by atoms with Crippen molar-refractivity contribution in [1.82, 2.24) is 5.32 Å². The van der Waals surface area contributed by atoms with Crippen LogP contribution in [0.2, 0.25) is 0 Å². The van der Waals surface area contributed by atoms with Crippen molar-refractivity contribution in [2.75, 3.05) is 12.4 Å². The smallest absolute Gasteiger partial charge is 0.318 e. The van der Waals surface area contributed by atoms with Crippen molar-refractivity contribution in [3.05, 3.63) is 29.3 Å². The van der Waals surface area contributed by atoms with E-state index >= 15 is 0 Å². The summed E-state index contributed by atoms with van der Waals surface area (Å²) >= 11 is 0. The predicted octanol–water partition coefficient (Wildman–Crippen LogP) is 2.31. The maximum absolute atomic E-state index is 11.1. The molecule has 0 heterocycles. The summed E-state index contributed by atoms with van der Waals surface area (Å²) in [6, 6.07) is 5.90. The quantitative estimate of drug-likeness (QED) is 0.741. The molecule has 3 heteroatoms. The van der Waals surface area contributed by atoms with Crippen LogP contribution >= 0.6 is 0 Å². The molecular weight excluding hydrogens is 176 g/mol. The number of urea groups is 1. The maximum Gasteiger partial charge on any atom is 0.318 e. The van der Waals surface area contributed by atoms with Crippen molar-refractivity contribution in [3.8, 4) is 0 Å². The van der Waals surface area contributed by atoms with Crippen LogP contribution in [-0.4, -0.2) is 13.1 Å². The first-order valence-corrected chi connectivity index (χ1v) is 4.75. The van der Waals surface area contributed by atoms with Gasteiger partial charge in [0.05, 0.1) is 0 Å². The van der Waals surface area contributed by atoms with E-state index in [4.69, 9.17) is 0 Å². The van der Waals surface area contributed by atoms with Gasteiger partial charge in [0, 0.05) is 12.7 Å². The van der Waals surface area contributed by atoms with Gasteiger partial charge in [-0.1, -0.05) is 19.1 Å². The fraction of sp³-hybridized carbons (Fsp3) is 0.364. The van der Waals surface area contributed by atoms with Crippen molar-refractivity contribution in [2.45, 2.75) is 20.3 Å². The van der Waals surface area contributed by atoms with Gasteiger partial charge < -0.3 is 10.6 Å². The molecule has 76 valence electrons. The molecule has 0 saturated heterocycles. The van der Waals surface area contributed by atoms with Crippen LogP contribution < -0.4 is 10.6 Å². The van der Waals surface area contributed by atoms with Gasteiger partial charge in [0.15, 0.2) is 0 Å². The molecule has 0 aliphatic carbocycles. The summed E-state index contributed by atoms with van der Waals surface area (Å²) in [7, 11) is 1.61. The van der Waals surface area contributed by atoms with E-state index in [1.54, 1.807) is 7.05 Å². The van der Waals surface area contributed by atoms with Gasteiger partial charge >= 0.3 is 6.03 Å². The molecule has 0 unspecified atom stereocenters. The zero-order valence-corrected chi connectivity index (χ0v) is 8.85. The van der Waals surface area contributed by atoms with E-state index in [1.165, 1.54) is 0 Å². The van der Waals surface area contributed by atoms with Crippen LogP contribution in [0.25, 0.3) is 0 Å². The molecule has 14 heavy (non-hydrogen) atoms. The summed E-state index contributed by atoms with van der Waals surface area (Å²) in [4.78, 5) is 11.1. The Morgan fingerprint density at radius 1 is 1.43 bits per heavy atom. The average molecular weight is 192 g/mol. The normalized spacial score (nSPS) is 9.64. The van der Waals surface area contributed by atoms with E-state index in [1.807, 2.05) is 25.1 Å². The van der Waals surface area contributed by atoms with Crippen LogP contribution in [0.3, 0.4) is 0 Å². The van der Waals surface area contributed by atoms with Gasteiger partial charge in [0.1, 0.15) is 0 Å². The van der Waals surface area contributed by atoms with Crippen LogP contribution in [0, 0.1) is 6.92 Å². The van der Waals surface area contributed by atoms with Gasteiger partial charge in [-0.25, -0.2) is 4.79 Å². The molecule has 0 spiro atoms. The fourth-order valence-corrected chi connectivity index (χ4v) is 1.30. The van der Waals surface area contributed by atoms with Crippen LogP contribution in [0.15, 0.2) is 18.2 Å². The summed E-state index contributed by atoms with van der Waals surface area (Å²) in [5.41, 5.74) is 3.19. The number of hydrogen-bond donors (Lipinski definition) is 2. The fourth-order valence-electron chi connectivity index (χ4n) is 1.30. The Balaban J connectivity index is 2.93. The first kappa shape index (κ1) is 10.6. The molecule has 2 N–H and O–H groups in total. The number of hydrogen-bond acceptors (Lipinski definition) is 1. The van der Waals surface area contributed by atoms with Crippen LogP contribution in [-0.2, 0) is 6.42 Å². The van der Waals surface area contributed by atoms with Crippen LogP contribution in [0.5, 0.6) is 0 Å². The second kappa shape index (κ2) is 4.65. The molecular formula is C11H16N2O. The van der Waals surface area contributed by atoms with Crippen molar-refractivity contribution in [1.29, 1.82) is 0 Å². The summed E-state index contributed by atoms with van der Waals surface area (Å²) in [5.74, 6) is 0. The molecule has 2 amide bonds. The highest BCUT2D eigenvalue weighted by Crippen LogP contribution is 2.17. The van der Waals surface area contributed by atoms with Crippen LogP contribution in [0.4, 0.5) is 10.5 Å². The number of benzene rings is 1. The lowest BCUT2D eigenvalue weighted by atomic mass is 10.1. The highest BCUT2D eigenvalue weighted by Gasteiger charge is 2.03. The molecule has 0 radical (unpaired) electrons. The van der Waals surface area contributed by atoms with Gasteiger partial charge in [0.25, 0.3) is 0 Å².